The number of hydrogen-bond donors (Lipinski definition) is 0. The number of amides is 1. The predicted octanol–water partition coefficient (Wildman–Crippen LogP) is 2.97. The number of rotatable bonds is 7. The molecule has 7 heteroatoms. The minimum absolute atomic E-state index is 0.145. The molecule has 0 fully saturated rings. The number of aryl methyl sites for hydroxylation is 1. The fraction of sp³-hybridized carbons (Fsp3) is 0.471. The molecule has 0 saturated heterocycles. The average molecular weight is 352 g/mol. The summed E-state index contributed by atoms with van der Waals surface area (Å²) in [6.07, 6.45) is 2.56. The Hall–Kier alpha value is -2.08. The lowest BCUT2D eigenvalue weighted by Crippen LogP contribution is -2.34. The molecule has 24 heavy (non-hydrogen) atoms. The number of esters is 1. The van der Waals surface area contributed by atoms with Gasteiger partial charge in [0.1, 0.15) is 11.3 Å². The Balaban J connectivity index is 2.29. The van der Waals surface area contributed by atoms with E-state index in [9.17, 15) is 9.59 Å². The topological polar surface area (TPSA) is 63.9 Å². The van der Waals surface area contributed by atoms with Crippen molar-refractivity contribution in [3.8, 4) is 0 Å². The first-order valence-electron chi connectivity index (χ1n) is 8.13. The van der Waals surface area contributed by atoms with Gasteiger partial charge in [0.2, 0.25) is 0 Å². The molecule has 0 aliphatic heterocycles. The number of halogens is 1. The zero-order valence-corrected chi connectivity index (χ0v) is 15.0. The molecule has 0 bridgehead atoms. The third-order valence-electron chi connectivity index (χ3n) is 3.76. The van der Waals surface area contributed by atoms with Crippen LogP contribution < -0.4 is 0 Å². The molecule has 0 aliphatic carbocycles. The number of aromatic nitrogens is 2. The van der Waals surface area contributed by atoms with Crippen molar-refractivity contribution in [2.24, 2.45) is 0 Å². The summed E-state index contributed by atoms with van der Waals surface area (Å²) in [6, 6.07) is 3.45. The van der Waals surface area contributed by atoms with Gasteiger partial charge in [0.25, 0.3) is 5.91 Å². The second-order valence-corrected chi connectivity index (χ2v) is 5.71. The molecule has 0 radical (unpaired) electrons. The van der Waals surface area contributed by atoms with Gasteiger partial charge in [0.05, 0.1) is 18.7 Å². The van der Waals surface area contributed by atoms with Crippen LogP contribution in [-0.2, 0) is 16.0 Å². The fourth-order valence-electron chi connectivity index (χ4n) is 2.55. The highest BCUT2D eigenvalue weighted by atomic mass is 35.5. The summed E-state index contributed by atoms with van der Waals surface area (Å²) in [5.74, 6) is -0.446. The van der Waals surface area contributed by atoms with Crippen molar-refractivity contribution >= 4 is 29.1 Å². The molecule has 2 aromatic heterocycles. The zero-order chi connectivity index (χ0) is 17.7. The van der Waals surface area contributed by atoms with Gasteiger partial charge in [0, 0.05) is 30.4 Å². The monoisotopic (exact) mass is 351 g/mol. The molecule has 2 aromatic rings. The van der Waals surface area contributed by atoms with Crippen molar-refractivity contribution in [2.45, 2.75) is 33.6 Å². The highest BCUT2D eigenvalue weighted by Gasteiger charge is 2.23. The fourth-order valence-corrected chi connectivity index (χ4v) is 2.71. The highest BCUT2D eigenvalue weighted by Crippen LogP contribution is 2.19. The predicted molar refractivity (Wildman–Crippen MR) is 92.4 cm³/mol. The third-order valence-corrected chi connectivity index (χ3v) is 3.99. The van der Waals surface area contributed by atoms with E-state index in [-0.39, 0.29) is 18.3 Å². The van der Waals surface area contributed by atoms with Gasteiger partial charge in [-0.15, -0.1) is 0 Å². The van der Waals surface area contributed by atoms with Crippen LogP contribution in [-0.4, -0.2) is 45.9 Å². The van der Waals surface area contributed by atoms with E-state index in [1.54, 1.807) is 34.6 Å². The minimum atomic E-state index is -0.301. The van der Waals surface area contributed by atoms with Crippen molar-refractivity contribution in [1.29, 1.82) is 0 Å². The Kier molecular flexibility index (Phi) is 6.20. The zero-order valence-electron chi connectivity index (χ0n) is 14.2. The van der Waals surface area contributed by atoms with Gasteiger partial charge in [-0.1, -0.05) is 18.5 Å². The van der Waals surface area contributed by atoms with E-state index in [0.717, 1.165) is 5.69 Å². The van der Waals surface area contributed by atoms with E-state index in [0.29, 0.717) is 42.5 Å². The Bertz CT molecular complexity index is 742. The van der Waals surface area contributed by atoms with Crippen molar-refractivity contribution in [3.63, 3.8) is 0 Å². The highest BCUT2D eigenvalue weighted by molar-refractivity contribution is 6.30. The van der Waals surface area contributed by atoms with Gasteiger partial charge >= 0.3 is 5.97 Å². The normalized spacial score (nSPS) is 10.8. The first kappa shape index (κ1) is 18.3. The van der Waals surface area contributed by atoms with Crippen LogP contribution in [0.2, 0.25) is 5.02 Å². The Labute approximate surface area is 146 Å². The Morgan fingerprint density at radius 2 is 2.08 bits per heavy atom. The molecule has 0 spiro atoms. The van der Waals surface area contributed by atoms with E-state index in [2.05, 4.69) is 4.98 Å². The number of ether oxygens (including phenoxy) is 1. The van der Waals surface area contributed by atoms with Crippen molar-refractivity contribution in [1.82, 2.24) is 14.3 Å². The molecular formula is C17H22ClN3O3. The van der Waals surface area contributed by atoms with Gasteiger partial charge in [-0.25, -0.2) is 4.98 Å². The number of imidazole rings is 1. The SMILES string of the molecule is CCOC(=O)CCN(CC)C(=O)c1c(CC)nc2cc(Cl)ccn12. The van der Waals surface area contributed by atoms with Crippen LogP contribution in [0.5, 0.6) is 0 Å². The number of hydrogen-bond acceptors (Lipinski definition) is 4. The van der Waals surface area contributed by atoms with Gasteiger partial charge in [0.15, 0.2) is 0 Å². The van der Waals surface area contributed by atoms with Crippen LogP contribution in [0.15, 0.2) is 18.3 Å². The number of carbonyl (C=O) groups excluding carboxylic acids is 2. The first-order chi connectivity index (χ1) is 11.5. The average Bonchev–Trinajstić information content (AvgIpc) is 2.92. The maximum absolute atomic E-state index is 13.0. The molecule has 0 atom stereocenters. The van der Waals surface area contributed by atoms with E-state index in [1.165, 1.54) is 0 Å². The first-order valence-corrected chi connectivity index (χ1v) is 8.50. The van der Waals surface area contributed by atoms with E-state index >= 15 is 0 Å². The van der Waals surface area contributed by atoms with Crippen LogP contribution in [0.3, 0.4) is 0 Å². The maximum Gasteiger partial charge on any atom is 0.307 e. The molecule has 0 aromatic carbocycles. The molecule has 1 amide bonds. The van der Waals surface area contributed by atoms with Crippen molar-refractivity contribution in [2.75, 3.05) is 19.7 Å². The molecule has 130 valence electrons. The maximum atomic E-state index is 13.0. The molecule has 0 unspecified atom stereocenters. The summed E-state index contributed by atoms with van der Waals surface area (Å²) >= 11 is 6.01. The van der Waals surface area contributed by atoms with Crippen molar-refractivity contribution in [3.05, 3.63) is 34.7 Å². The van der Waals surface area contributed by atoms with Crippen molar-refractivity contribution < 1.29 is 14.3 Å². The molecule has 0 saturated carbocycles. The standard InChI is InChI=1S/C17H22ClN3O3/c1-4-13-16(21-10-7-12(18)11-14(21)19-13)17(23)20(5-2)9-8-15(22)24-6-3/h7,10-11H,4-6,8-9H2,1-3H3. The van der Waals surface area contributed by atoms with Crippen LogP contribution in [0.4, 0.5) is 0 Å². The molecule has 0 N–H and O–H groups in total. The van der Waals surface area contributed by atoms with E-state index in [4.69, 9.17) is 16.3 Å². The lowest BCUT2D eigenvalue weighted by atomic mass is 10.2. The summed E-state index contributed by atoms with van der Waals surface area (Å²) in [4.78, 5) is 30.6. The summed E-state index contributed by atoms with van der Waals surface area (Å²) < 4.78 is 6.68. The largest absolute Gasteiger partial charge is 0.466 e. The van der Waals surface area contributed by atoms with Gasteiger partial charge in [-0.2, -0.15) is 0 Å². The summed E-state index contributed by atoms with van der Waals surface area (Å²) in [6.45, 7) is 6.76. The summed E-state index contributed by atoms with van der Waals surface area (Å²) in [7, 11) is 0. The van der Waals surface area contributed by atoms with Gasteiger partial charge in [-0.05, 0) is 26.3 Å². The third kappa shape index (κ3) is 3.87. The second-order valence-electron chi connectivity index (χ2n) is 5.27. The molecule has 2 rings (SSSR count). The van der Waals surface area contributed by atoms with Crippen LogP contribution in [0, 0.1) is 0 Å². The minimum Gasteiger partial charge on any atom is -0.466 e. The lowest BCUT2D eigenvalue weighted by molar-refractivity contribution is -0.143. The quantitative estimate of drug-likeness (QED) is 0.719. The number of fused-ring (bicyclic) bond motifs is 1. The molecule has 0 aliphatic rings. The molecule has 2 heterocycles. The van der Waals surface area contributed by atoms with Gasteiger partial charge in [-0.3, -0.25) is 14.0 Å². The number of carbonyl (C=O) groups is 2. The Morgan fingerprint density at radius 1 is 1.33 bits per heavy atom. The smallest absolute Gasteiger partial charge is 0.307 e. The number of pyridine rings is 1. The van der Waals surface area contributed by atoms with Crippen LogP contribution >= 0.6 is 11.6 Å². The lowest BCUT2D eigenvalue weighted by Gasteiger charge is -2.20. The van der Waals surface area contributed by atoms with Crippen LogP contribution in [0.25, 0.3) is 5.65 Å². The van der Waals surface area contributed by atoms with E-state index in [1.807, 2.05) is 13.8 Å². The Morgan fingerprint density at radius 3 is 2.71 bits per heavy atom. The summed E-state index contributed by atoms with van der Waals surface area (Å²) in [5.41, 5.74) is 1.89. The number of nitrogens with zero attached hydrogens (tertiary/aromatic N) is 3. The molecular weight excluding hydrogens is 330 g/mol. The van der Waals surface area contributed by atoms with E-state index < -0.39 is 0 Å². The molecule has 6 nitrogen and oxygen atoms in total. The summed E-state index contributed by atoms with van der Waals surface area (Å²) in [5, 5.41) is 0.573. The van der Waals surface area contributed by atoms with Gasteiger partial charge < -0.3 is 9.64 Å². The van der Waals surface area contributed by atoms with Crippen LogP contribution in [0.1, 0.15) is 43.4 Å². The second kappa shape index (κ2) is 8.15.